The Morgan fingerprint density at radius 2 is 1.37 bits per heavy atom. The van der Waals surface area contributed by atoms with Gasteiger partial charge in [0.05, 0.1) is 0 Å². The summed E-state index contributed by atoms with van der Waals surface area (Å²) >= 11 is 0. The van der Waals surface area contributed by atoms with E-state index in [1.165, 1.54) is 0 Å². The first-order valence-electron chi connectivity index (χ1n) is 4.60. The quantitative estimate of drug-likeness (QED) is 0.482. The van der Waals surface area contributed by atoms with E-state index in [2.05, 4.69) is 0 Å². The van der Waals surface area contributed by atoms with Gasteiger partial charge in [-0.3, -0.25) is 9.11 Å². The standard InChI is InChI=1S/C5H5O6S2.C5H5.Fe/c6-12(7,8)4-2-1-3-5(4)13(9,10)11;1-2-4-5-3-1;/h1-3H,(H,6,7,8)(H,9,10,11);1-5H;/q-1;-5;. The monoisotopic (exact) mass is 346 g/mol. The molecular weight excluding hydrogens is 336 g/mol. The average Bonchev–Trinajstić information content (AvgIpc) is 2.91. The number of hydrogen-bond donors (Lipinski definition) is 2. The Bertz CT molecular complexity index is 618. The topological polar surface area (TPSA) is 109 Å². The molecule has 0 radical (unpaired) electrons. The Labute approximate surface area is 121 Å². The van der Waals surface area contributed by atoms with Crippen LogP contribution in [0.5, 0.6) is 0 Å². The van der Waals surface area contributed by atoms with E-state index in [9.17, 15) is 16.8 Å². The van der Waals surface area contributed by atoms with Crippen molar-refractivity contribution in [3.63, 3.8) is 0 Å². The molecule has 112 valence electrons. The minimum absolute atomic E-state index is 0. The predicted molar refractivity (Wildman–Crippen MR) is 63.7 cm³/mol. The van der Waals surface area contributed by atoms with Gasteiger partial charge in [0.25, 0.3) is 10.1 Å². The molecule has 0 aliphatic heterocycles. The van der Waals surface area contributed by atoms with Crippen molar-refractivity contribution in [1.82, 2.24) is 0 Å². The first kappa shape index (κ1) is 18.0. The molecule has 2 N–H and O–H groups in total. The van der Waals surface area contributed by atoms with E-state index in [0.29, 0.717) is 0 Å². The number of hydrogen-bond acceptors (Lipinski definition) is 4. The summed E-state index contributed by atoms with van der Waals surface area (Å²) in [6.45, 7) is 0. The first-order chi connectivity index (χ1) is 8.23. The molecule has 9 heteroatoms. The molecule has 0 aliphatic carbocycles. The maximum atomic E-state index is 10.5. The summed E-state index contributed by atoms with van der Waals surface area (Å²) < 4.78 is 59.2. The van der Waals surface area contributed by atoms with Gasteiger partial charge in [-0.2, -0.15) is 20.6 Å². The van der Waals surface area contributed by atoms with Crippen LogP contribution in [0, 0.1) is 0 Å². The molecule has 0 bridgehead atoms. The Balaban J connectivity index is 0.000000454. The van der Waals surface area contributed by atoms with Crippen molar-refractivity contribution < 1.29 is 43.0 Å². The van der Waals surface area contributed by atoms with Gasteiger partial charge in [-0.25, -0.2) is 14.5 Å². The van der Waals surface area contributed by atoms with Crippen molar-refractivity contribution >= 4 is 20.2 Å². The molecule has 0 amide bonds. The third-order valence-corrected chi connectivity index (χ3v) is 3.80. The molecule has 0 aliphatic rings. The van der Waals surface area contributed by atoms with Crippen molar-refractivity contribution in [3.8, 4) is 0 Å². The molecular formula is C10H10FeO6S2-6. The van der Waals surface area contributed by atoms with Crippen molar-refractivity contribution in [2.75, 3.05) is 0 Å². The van der Waals surface area contributed by atoms with E-state index in [0.717, 1.165) is 18.2 Å². The summed E-state index contributed by atoms with van der Waals surface area (Å²) in [5.41, 5.74) is 0. The largest absolute Gasteiger partial charge is 0.748 e. The van der Waals surface area contributed by atoms with E-state index < -0.39 is 30.0 Å². The normalized spacial score (nSPS) is 11.1. The fourth-order valence-electron chi connectivity index (χ4n) is 1.13. The van der Waals surface area contributed by atoms with Gasteiger partial charge in [-0.05, 0) is 4.90 Å². The van der Waals surface area contributed by atoms with Gasteiger partial charge < -0.3 is 30.3 Å². The van der Waals surface area contributed by atoms with Crippen LogP contribution in [-0.4, -0.2) is 25.9 Å². The van der Waals surface area contributed by atoms with Crippen molar-refractivity contribution in [3.05, 3.63) is 48.5 Å². The second kappa shape index (κ2) is 6.99. The van der Waals surface area contributed by atoms with E-state index >= 15 is 0 Å². The number of rotatable bonds is 2. The van der Waals surface area contributed by atoms with E-state index in [4.69, 9.17) is 9.11 Å². The second-order valence-electron chi connectivity index (χ2n) is 3.17. The Hall–Kier alpha value is -0.961. The summed E-state index contributed by atoms with van der Waals surface area (Å²) in [7, 11) is -9.22. The molecule has 19 heavy (non-hydrogen) atoms. The molecule has 2 aromatic carbocycles. The van der Waals surface area contributed by atoms with Crippen LogP contribution in [0.15, 0.2) is 58.3 Å². The van der Waals surface area contributed by atoms with Gasteiger partial charge in [-0.1, -0.05) is 0 Å². The van der Waals surface area contributed by atoms with E-state index in [1.54, 1.807) is 0 Å². The minimum Gasteiger partial charge on any atom is -0.748 e. The first-order valence-corrected chi connectivity index (χ1v) is 7.48. The minimum atomic E-state index is -4.61. The molecule has 0 atom stereocenters. The summed E-state index contributed by atoms with van der Waals surface area (Å²) in [6, 6.07) is 12.8. The van der Waals surface area contributed by atoms with E-state index in [1.807, 2.05) is 30.3 Å². The maximum Gasteiger partial charge on any atom is 0.271 e. The maximum absolute atomic E-state index is 10.5. The molecule has 6 nitrogen and oxygen atoms in total. The molecule has 0 spiro atoms. The van der Waals surface area contributed by atoms with Crippen molar-refractivity contribution in [2.45, 2.75) is 9.79 Å². The third kappa shape index (κ3) is 5.68. The van der Waals surface area contributed by atoms with E-state index in [-0.39, 0.29) is 17.1 Å². The fourth-order valence-corrected chi connectivity index (χ4v) is 2.91. The van der Waals surface area contributed by atoms with Crippen LogP contribution in [-0.2, 0) is 37.3 Å². The Morgan fingerprint density at radius 1 is 0.947 bits per heavy atom. The molecule has 0 saturated heterocycles. The smallest absolute Gasteiger partial charge is 0.271 e. The SMILES string of the molecule is O=S(=O)(O)c1ccc[c-]1S(=O)(=O)O.[Fe].[cH-]1[cH-][cH-][cH-][cH-]1. The van der Waals surface area contributed by atoms with Crippen LogP contribution < -0.4 is 0 Å². The van der Waals surface area contributed by atoms with Gasteiger partial charge in [0, 0.05) is 22.0 Å². The summed E-state index contributed by atoms with van der Waals surface area (Å²) in [5, 5.41) is 0. The zero-order valence-electron chi connectivity index (χ0n) is 9.32. The zero-order chi connectivity index (χ0) is 13.8. The van der Waals surface area contributed by atoms with Gasteiger partial charge in [0.1, 0.15) is 0 Å². The molecule has 2 aromatic rings. The third-order valence-electron chi connectivity index (χ3n) is 1.85. The molecule has 0 fully saturated rings. The van der Waals surface area contributed by atoms with Crippen LogP contribution in [0.25, 0.3) is 0 Å². The predicted octanol–water partition coefficient (Wildman–Crippen LogP) is 1.30. The van der Waals surface area contributed by atoms with Gasteiger partial charge in [-0.15, -0.1) is 0 Å². The summed E-state index contributed by atoms with van der Waals surface area (Å²) in [4.78, 5) is -1.65. The van der Waals surface area contributed by atoms with Crippen LogP contribution in [0.1, 0.15) is 0 Å². The fraction of sp³-hybridized carbons (Fsp3) is 0. The van der Waals surface area contributed by atoms with Crippen LogP contribution >= 0.6 is 0 Å². The molecule has 0 heterocycles. The van der Waals surface area contributed by atoms with Gasteiger partial charge >= 0.3 is 0 Å². The molecule has 0 saturated carbocycles. The van der Waals surface area contributed by atoms with Crippen molar-refractivity contribution in [2.24, 2.45) is 0 Å². The van der Waals surface area contributed by atoms with Crippen LogP contribution in [0.2, 0.25) is 0 Å². The van der Waals surface area contributed by atoms with Crippen LogP contribution in [0.4, 0.5) is 0 Å². The second-order valence-corrected chi connectivity index (χ2v) is 5.95. The van der Waals surface area contributed by atoms with Crippen molar-refractivity contribution in [1.29, 1.82) is 0 Å². The Morgan fingerprint density at radius 3 is 1.63 bits per heavy atom. The Kier molecular flexibility index (Phi) is 6.64. The summed E-state index contributed by atoms with van der Waals surface area (Å²) in [6.07, 6.45) is 0. The molecule has 0 aromatic heterocycles. The zero-order valence-corrected chi connectivity index (χ0v) is 12.1. The summed E-state index contributed by atoms with van der Waals surface area (Å²) in [5.74, 6) is 0. The average molecular weight is 346 g/mol. The van der Waals surface area contributed by atoms with Gasteiger partial charge in [0.15, 0.2) is 0 Å². The molecule has 2 rings (SSSR count). The van der Waals surface area contributed by atoms with Gasteiger partial charge in [0.2, 0.25) is 10.1 Å². The molecule has 0 unspecified atom stereocenters. The van der Waals surface area contributed by atoms with Crippen LogP contribution in [0.3, 0.4) is 0 Å².